The summed E-state index contributed by atoms with van der Waals surface area (Å²) < 4.78 is 31.9. The van der Waals surface area contributed by atoms with Gasteiger partial charge in [0.05, 0.1) is 13.2 Å². The highest BCUT2D eigenvalue weighted by molar-refractivity contribution is 5.43. The van der Waals surface area contributed by atoms with Crippen LogP contribution < -0.4 is 10.5 Å². The summed E-state index contributed by atoms with van der Waals surface area (Å²) in [6.45, 7) is 1.93. The first kappa shape index (κ1) is 13.5. The summed E-state index contributed by atoms with van der Waals surface area (Å²) in [6.07, 6.45) is 0. The highest BCUT2D eigenvalue weighted by Gasteiger charge is 2.17. The average molecular weight is 263 g/mol. The maximum atomic E-state index is 13.7. The van der Waals surface area contributed by atoms with Crippen LogP contribution in [0.1, 0.15) is 22.7 Å². The van der Waals surface area contributed by atoms with Crippen LogP contribution in [-0.2, 0) is 0 Å². The fourth-order valence-corrected chi connectivity index (χ4v) is 2.00. The molecule has 19 heavy (non-hydrogen) atoms. The van der Waals surface area contributed by atoms with E-state index in [1.165, 1.54) is 19.2 Å². The van der Waals surface area contributed by atoms with Crippen molar-refractivity contribution in [2.24, 2.45) is 5.73 Å². The van der Waals surface area contributed by atoms with Crippen molar-refractivity contribution < 1.29 is 13.5 Å². The first-order chi connectivity index (χ1) is 9.02. The summed E-state index contributed by atoms with van der Waals surface area (Å²) in [5.74, 6) is -0.685. The maximum Gasteiger partial charge on any atom is 0.131 e. The van der Waals surface area contributed by atoms with E-state index in [2.05, 4.69) is 0 Å². The van der Waals surface area contributed by atoms with Crippen molar-refractivity contribution in [3.8, 4) is 5.75 Å². The molecule has 2 nitrogen and oxygen atoms in total. The Kier molecular flexibility index (Phi) is 3.81. The summed E-state index contributed by atoms with van der Waals surface area (Å²) in [5, 5.41) is 0. The monoisotopic (exact) mass is 263 g/mol. The molecule has 4 heteroatoms. The van der Waals surface area contributed by atoms with E-state index < -0.39 is 17.7 Å². The maximum absolute atomic E-state index is 13.7. The van der Waals surface area contributed by atoms with Crippen molar-refractivity contribution in [2.75, 3.05) is 7.11 Å². The molecule has 0 aliphatic heterocycles. The Morgan fingerprint density at radius 2 is 1.74 bits per heavy atom. The van der Waals surface area contributed by atoms with Gasteiger partial charge in [0.2, 0.25) is 0 Å². The summed E-state index contributed by atoms with van der Waals surface area (Å²) in [6, 6.07) is 8.18. The van der Waals surface area contributed by atoms with Crippen LogP contribution in [0, 0.1) is 18.6 Å². The van der Waals surface area contributed by atoms with E-state index in [9.17, 15) is 8.78 Å². The molecule has 2 rings (SSSR count). The quantitative estimate of drug-likeness (QED) is 0.921. The molecule has 2 N–H and O–H groups in total. The normalized spacial score (nSPS) is 12.3. The molecule has 0 spiro atoms. The molecule has 2 aromatic carbocycles. The lowest BCUT2D eigenvalue weighted by molar-refractivity contribution is 0.407. The number of nitrogens with two attached hydrogens (primary N) is 1. The molecule has 0 aliphatic rings. The van der Waals surface area contributed by atoms with Gasteiger partial charge in [-0.05, 0) is 24.6 Å². The van der Waals surface area contributed by atoms with E-state index in [0.29, 0.717) is 11.3 Å². The largest absolute Gasteiger partial charge is 0.496 e. The lowest BCUT2D eigenvalue weighted by Crippen LogP contribution is -2.15. The fourth-order valence-electron chi connectivity index (χ4n) is 2.00. The van der Waals surface area contributed by atoms with Crippen molar-refractivity contribution in [1.82, 2.24) is 0 Å². The molecule has 0 amide bonds. The molecule has 100 valence electrons. The van der Waals surface area contributed by atoms with E-state index in [-0.39, 0.29) is 5.56 Å². The minimum Gasteiger partial charge on any atom is -0.496 e. The van der Waals surface area contributed by atoms with Crippen molar-refractivity contribution in [2.45, 2.75) is 13.0 Å². The van der Waals surface area contributed by atoms with Crippen molar-refractivity contribution in [3.63, 3.8) is 0 Å². The number of hydrogen-bond donors (Lipinski definition) is 1. The van der Waals surface area contributed by atoms with Crippen LogP contribution in [0.3, 0.4) is 0 Å². The molecule has 1 atom stereocenters. The molecule has 1 unspecified atom stereocenters. The highest BCUT2D eigenvalue weighted by Crippen LogP contribution is 2.30. The van der Waals surface area contributed by atoms with Crippen molar-refractivity contribution >= 4 is 0 Å². The number of hydrogen-bond acceptors (Lipinski definition) is 2. The minimum atomic E-state index is -0.698. The average Bonchev–Trinajstić information content (AvgIpc) is 2.37. The zero-order valence-electron chi connectivity index (χ0n) is 10.8. The van der Waals surface area contributed by atoms with Gasteiger partial charge in [0, 0.05) is 17.2 Å². The lowest BCUT2D eigenvalue weighted by atomic mass is 9.97. The fraction of sp³-hybridized carbons (Fsp3) is 0.200. The third-order valence-corrected chi connectivity index (χ3v) is 3.02. The molecule has 0 saturated carbocycles. The molecule has 0 bridgehead atoms. The van der Waals surface area contributed by atoms with E-state index in [1.807, 2.05) is 19.1 Å². The van der Waals surface area contributed by atoms with Crippen LogP contribution >= 0.6 is 0 Å². The lowest BCUT2D eigenvalue weighted by Gasteiger charge is -2.17. The van der Waals surface area contributed by atoms with Gasteiger partial charge in [0.25, 0.3) is 0 Å². The van der Waals surface area contributed by atoms with E-state index >= 15 is 0 Å². The Labute approximate surface area is 110 Å². The number of benzene rings is 2. The Morgan fingerprint density at radius 3 is 2.37 bits per heavy atom. The molecular weight excluding hydrogens is 248 g/mol. The third-order valence-electron chi connectivity index (χ3n) is 3.02. The van der Waals surface area contributed by atoms with Gasteiger partial charge in [-0.3, -0.25) is 0 Å². The van der Waals surface area contributed by atoms with Gasteiger partial charge in [-0.25, -0.2) is 8.78 Å². The Morgan fingerprint density at radius 1 is 1.05 bits per heavy atom. The van der Waals surface area contributed by atoms with Gasteiger partial charge in [-0.1, -0.05) is 18.2 Å². The van der Waals surface area contributed by atoms with Gasteiger partial charge in [0.15, 0.2) is 0 Å². The van der Waals surface area contributed by atoms with Crippen molar-refractivity contribution in [3.05, 3.63) is 64.7 Å². The second-order valence-corrected chi connectivity index (χ2v) is 4.39. The second-order valence-electron chi connectivity index (χ2n) is 4.39. The van der Waals surface area contributed by atoms with Crippen LogP contribution in [0.25, 0.3) is 0 Å². The summed E-state index contributed by atoms with van der Waals surface area (Å²) in [4.78, 5) is 0. The highest BCUT2D eigenvalue weighted by atomic mass is 19.1. The van der Waals surface area contributed by atoms with Gasteiger partial charge in [0.1, 0.15) is 17.4 Å². The number of halogens is 2. The van der Waals surface area contributed by atoms with Crippen LogP contribution in [-0.4, -0.2) is 7.11 Å². The summed E-state index contributed by atoms with van der Waals surface area (Å²) in [5.41, 5.74) is 7.98. The predicted molar refractivity (Wildman–Crippen MR) is 70.1 cm³/mol. The third kappa shape index (κ3) is 2.74. The molecule has 2 aromatic rings. The zero-order chi connectivity index (χ0) is 14.0. The number of ether oxygens (including phenoxy) is 1. The topological polar surface area (TPSA) is 35.2 Å². The SMILES string of the molecule is COc1cc(C)ccc1C(N)c1ccc(F)cc1F. The second kappa shape index (κ2) is 5.36. The van der Waals surface area contributed by atoms with Crippen LogP contribution in [0.4, 0.5) is 8.78 Å². The number of aryl methyl sites for hydroxylation is 1. The van der Waals surface area contributed by atoms with Crippen LogP contribution in [0.2, 0.25) is 0 Å². The first-order valence-electron chi connectivity index (χ1n) is 5.88. The Balaban J connectivity index is 2.46. The van der Waals surface area contributed by atoms with Gasteiger partial charge >= 0.3 is 0 Å². The molecule has 0 aliphatic carbocycles. The van der Waals surface area contributed by atoms with Gasteiger partial charge < -0.3 is 10.5 Å². The summed E-state index contributed by atoms with van der Waals surface area (Å²) in [7, 11) is 1.53. The minimum absolute atomic E-state index is 0.239. The predicted octanol–water partition coefficient (Wildman–Crippen LogP) is 3.33. The molecule has 0 fully saturated rings. The molecular formula is C15H15F2NO. The van der Waals surface area contributed by atoms with Gasteiger partial charge in [-0.15, -0.1) is 0 Å². The first-order valence-corrected chi connectivity index (χ1v) is 5.88. The van der Waals surface area contributed by atoms with E-state index in [1.54, 1.807) is 6.07 Å². The smallest absolute Gasteiger partial charge is 0.131 e. The van der Waals surface area contributed by atoms with Crippen LogP contribution in [0.15, 0.2) is 36.4 Å². The van der Waals surface area contributed by atoms with Crippen LogP contribution in [0.5, 0.6) is 5.75 Å². The molecule has 0 saturated heterocycles. The molecule has 0 radical (unpaired) electrons. The molecule has 0 heterocycles. The standard InChI is InChI=1S/C15H15F2NO/c1-9-3-5-12(14(7-9)19-2)15(18)11-6-4-10(16)8-13(11)17/h3-8,15H,18H2,1-2H3. The van der Waals surface area contributed by atoms with E-state index in [0.717, 1.165) is 11.6 Å². The summed E-state index contributed by atoms with van der Waals surface area (Å²) >= 11 is 0. The Hall–Kier alpha value is -1.94. The van der Waals surface area contributed by atoms with Gasteiger partial charge in [-0.2, -0.15) is 0 Å². The molecule has 0 aromatic heterocycles. The zero-order valence-corrected chi connectivity index (χ0v) is 10.8. The van der Waals surface area contributed by atoms with Crippen molar-refractivity contribution in [1.29, 1.82) is 0 Å². The van der Waals surface area contributed by atoms with E-state index in [4.69, 9.17) is 10.5 Å². The number of rotatable bonds is 3. The number of methoxy groups -OCH3 is 1. The Bertz CT molecular complexity index is 599.